The van der Waals surface area contributed by atoms with E-state index in [2.05, 4.69) is 0 Å². The zero-order chi connectivity index (χ0) is 13.1. The minimum atomic E-state index is -1.36. The number of aromatic carboxylic acids is 1. The van der Waals surface area contributed by atoms with Crippen LogP contribution in [0.2, 0.25) is 0 Å². The summed E-state index contributed by atoms with van der Waals surface area (Å²) in [6.07, 6.45) is 1.34. The summed E-state index contributed by atoms with van der Waals surface area (Å²) in [5.74, 6) is -2.28. The molecule has 2 rings (SSSR count). The minimum Gasteiger partial charge on any atom is -0.478 e. The van der Waals surface area contributed by atoms with Crippen LogP contribution in [-0.4, -0.2) is 16.9 Å². The molecule has 0 fully saturated rings. The zero-order valence-corrected chi connectivity index (χ0v) is 9.22. The molecule has 0 unspecified atom stereocenters. The third kappa shape index (κ3) is 2.45. The number of ketones is 1. The summed E-state index contributed by atoms with van der Waals surface area (Å²) in [7, 11) is 0. The van der Waals surface area contributed by atoms with Gasteiger partial charge in [0.15, 0.2) is 5.76 Å². The molecule has 0 saturated carbocycles. The van der Waals surface area contributed by atoms with E-state index in [0.717, 1.165) is 12.1 Å². The highest BCUT2D eigenvalue weighted by atomic mass is 19.1. The predicted molar refractivity (Wildman–Crippen MR) is 60.1 cm³/mol. The molecule has 0 spiro atoms. The molecule has 1 heterocycles. The van der Waals surface area contributed by atoms with Crippen molar-refractivity contribution >= 4 is 11.8 Å². The Morgan fingerprint density at radius 2 is 2.06 bits per heavy atom. The second kappa shape index (κ2) is 4.83. The van der Waals surface area contributed by atoms with E-state index in [9.17, 15) is 14.0 Å². The van der Waals surface area contributed by atoms with Crippen LogP contribution in [-0.2, 0) is 6.42 Å². The number of rotatable bonds is 4. The molecule has 5 heteroatoms. The van der Waals surface area contributed by atoms with Crippen molar-refractivity contribution in [1.29, 1.82) is 0 Å². The van der Waals surface area contributed by atoms with Crippen molar-refractivity contribution in [2.75, 3.05) is 0 Å². The molecule has 92 valence electrons. The lowest BCUT2D eigenvalue weighted by Crippen LogP contribution is -2.06. The first-order valence-corrected chi connectivity index (χ1v) is 5.16. The van der Waals surface area contributed by atoms with E-state index in [1.807, 2.05) is 0 Å². The third-order valence-corrected chi connectivity index (χ3v) is 2.42. The van der Waals surface area contributed by atoms with Gasteiger partial charge in [-0.25, -0.2) is 9.18 Å². The maximum Gasteiger partial charge on any atom is 0.338 e. The fourth-order valence-electron chi connectivity index (χ4n) is 1.56. The van der Waals surface area contributed by atoms with Crippen LogP contribution in [0, 0.1) is 5.82 Å². The maximum atomic E-state index is 13.1. The fraction of sp³-hybridized carbons (Fsp3) is 0.0769. The smallest absolute Gasteiger partial charge is 0.338 e. The highest BCUT2D eigenvalue weighted by Crippen LogP contribution is 2.13. The molecule has 1 aromatic heterocycles. The number of Topliss-reactive ketones (excluding diaryl/α,β-unsaturated/α-hetero) is 1. The average Bonchev–Trinajstić information content (AvgIpc) is 2.85. The first kappa shape index (κ1) is 12.0. The van der Waals surface area contributed by atoms with Crippen molar-refractivity contribution in [3.63, 3.8) is 0 Å². The lowest BCUT2D eigenvalue weighted by atomic mass is 10.0. The Morgan fingerprint density at radius 3 is 2.67 bits per heavy atom. The van der Waals surface area contributed by atoms with Crippen molar-refractivity contribution in [2.24, 2.45) is 0 Å². The van der Waals surface area contributed by atoms with Gasteiger partial charge in [0.25, 0.3) is 0 Å². The lowest BCUT2D eigenvalue weighted by Gasteiger charge is -2.02. The van der Waals surface area contributed by atoms with Gasteiger partial charge < -0.3 is 9.52 Å². The maximum absolute atomic E-state index is 13.1. The van der Waals surface area contributed by atoms with Crippen LogP contribution < -0.4 is 0 Å². The quantitative estimate of drug-likeness (QED) is 0.844. The molecule has 18 heavy (non-hydrogen) atoms. The lowest BCUT2D eigenvalue weighted by molar-refractivity contribution is 0.0691. The van der Waals surface area contributed by atoms with E-state index in [1.165, 1.54) is 18.4 Å². The molecule has 4 nitrogen and oxygen atoms in total. The Bertz CT molecular complexity index is 587. The van der Waals surface area contributed by atoms with E-state index in [4.69, 9.17) is 9.52 Å². The highest BCUT2D eigenvalue weighted by Gasteiger charge is 2.14. The van der Waals surface area contributed by atoms with E-state index in [1.54, 1.807) is 6.07 Å². The second-order valence-corrected chi connectivity index (χ2v) is 3.70. The molecule has 1 aromatic carbocycles. The van der Waals surface area contributed by atoms with Gasteiger partial charge in [-0.3, -0.25) is 4.79 Å². The number of hydrogen-bond donors (Lipinski definition) is 1. The van der Waals surface area contributed by atoms with Crippen LogP contribution in [0.4, 0.5) is 4.39 Å². The summed E-state index contributed by atoms with van der Waals surface area (Å²) < 4.78 is 18.1. The SMILES string of the molecule is O=C(Cc1ccc(F)c(C(=O)O)c1)c1ccco1. The Hall–Kier alpha value is -2.43. The van der Waals surface area contributed by atoms with E-state index in [-0.39, 0.29) is 18.0 Å². The van der Waals surface area contributed by atoms with Crippen LogP contribution >= 0.6 is 0 Å². The molecule has 0 amide bonds. The molecule has 0 atom stereocenters. The first-order valence-electron chi connectivity index (χ1n) is 5.16. The van der Waals surface area contributed by atoms with E-state index < -0.39 is 17.3 Å². The molecule has 0 aliphatic rings. The van der Waals surface area contributed by atoms with Gasteiger partial charge in [0.2, 0.25) is 5.78 Å². The van der Waals surface area contributed by atoms with Gasteiger partial charge in [0.1, 0.15) is 5.82 Å². The Labute approximate surface area is 102 Å². The van der Waals surface area contributed by atoms with Crippen molar-refractivity contribution in [1.82, 2.24) is 0 Å². The van der Waals surface area contributed by atoms with Crippen LogP contribution in [0.5, 0.6) is 0 Å². The molecule has 1 N–H and O–H groups in total. The van der Waals surface area contributed by atoms with Crippen molar-refractivity contribution in [3.05, 3.63) is 59.3 Å². The Balaban J connectivity index is 2.22. The summed E-state index contributed by atoms with van der Waals surface area (Å²) in [6, 6.07) is 6.67. The number of hydrogen-bond acceptors (Lipinski definition) is 3. The molecule has 0 bridgehead atoms. The first-order chi connectivity index (χ1) is 8.58. The number of halogens is 1. The number of carboxylic acids is 1. The van der Waals surface area contributed by atoms with Gasteiger partial charge in [-0.2, -0.15) is 0 Å². The molecule has 0 aliphatic heterocycles. The third-order valence-electron chi connectivity index (χ3n) is 2.42. The Morgan fingerprint density at radius 1 is 1.28 bits per heavy atom. The fourth-order valence-corrected chi connectivity index (χ4v) is 1.56. The molecule has 2 aromatic rings. The number of carbonyl (C=O) groups excluding carboxylic acids is 1. The average molecular weight is 248 g/mol. The normalized spacial score (nSPS) is 10.3. The molecular formula is C13H9FO4. The zero-order valence-electron chi connectivity index (χ0n) is 9.22. The van der Waals surface area contributed by atoms with Crippen molar-refractivity contribution in [2.45, 2.75) is 6.42 Å². The summed E-state index contributed by atoms with van der Waals surface area (Å²) in [5.41, 5.74) is -0.0186. The number of carbonyl (C=O) groups is 2. The van der Waals surface area contributed by atoms with Gasteiger partial charge >= 0.3 is 5.97 Å². The van der Waals surface area contributed by atoms with Crippen LogP contribution in [0.3, 0.4) is 0 Å². The van der Waals surface area contributed by atoms with Gasteiger partial charge in [-0.05, 0) is 29.8 Å². The largest absolute Gasteiger partial charge is 0.478 e. The van der Waals surface area contributed by atoms with Crippen LogP contribution in [0.25, 0.3) is 0 Å². The van der Waals surface area contributed by atoms with Gasteiger partial charge in [-0.15, -0.1) is 0 Å². The van der Waals surface area contributed by atoms with Crippen molar-refractivity contribution in [3.8, 4) is 0 Å². The summed E-state index contributed by atoms with van der Waals surface area (Å²) in [5, 5.41) is 8.76. The second-order valence-electron chi connectivity index (χ2n) is 3.70. The van der Waals surface area contributed by atoms with Crippen LogP contribution in [0.1, 0.15) is 26.5 Å². The number of carboxylic acid groups (broad SMARTS) is 1. The van der Waals surface area contributed by atoms with Gasteiger partial charge in [0.05, 0.1) is 11.8 Å². The predicted octanol–water partition coefficient (Wildman–Crippen LogP) is 2.54. The van der Waals surface area contributed by atoms with Gasteiger partial charge in [0, 0.05) is 6.42 Å². The summed E-state index contributed by atoms with van der Waals surface area (Å²) in [4.78, 5) is 22.5. The van der Waals surface area contributed by atoms with Gasteiger partial charge in [-0.1, -0.05) is 6.07 Å². The van der Waals surface area contributed by atoms with Crippen LogP contribution in [0.15, 0.2) is 41.0 Å². The summed E-state index contributed by atoms with van der Waals surface area (Å²) in [6.45, 7) is 0. The number of benzene rings is 1. The Kier molecular flexibility index (Phi) is 3.23. The highest BCUT2D eigenvalue weighted by molar-refractivity contribution is 5.95. The topological polar surface area (TPSA) is 67.5 Å². The molecule has 0 radical (unpaired) electrons. The number of furan rings is 1. The summed E-state index contributed by atoms with van der Waals surface area (Å²) >= 11 is 0. The van der Waals surface area contributed by atoms with E-state index in [0.29, 0.717) is 5.56 Å². The molecular weight excluding hydrogens is 239 g/mol. The molecule has 0 aliphatic carbocycles. The monoisotopic (exact) mass is 248 g/mol. The van der Waals surface area contributed by atoms with E-state index >= 15 is 0 Å². The minimum absolute atomic E-state index is 0.0337. The molecule has 0 saturated heterocycles. The standard InChI is InChI=1S/C13H9FO4/c14-10-4-3-8(6-9(10)13(16)17)7-11(15)12-2-1-5-18-12/h1-6H,7H2,(H,16,17). The van der Waals surface area contributed by atoms with Crippen molar-refractivity contribution < 1.29 is 23.5 Å².